The summed E-state index contributed by atoms with van der Waals surface area (Å²) in [5, 5.41) is 6.57. The lowest BCUT2D eigenvalue weighted by Crippen LogP contribution is -2.52. The Labute approximate surface area is 121 Å². The molecule has 1 aromatic heterocycles. The van der Waals surface area contributed by atoms with Crippen molar-refractivity contribution in [2.75, 3.05) is 13.1 Å². The minimum atomic E-state index is -0.212. The van der Waals surface area contributed by atoms with E-state index in [1.807, 2.05) is 17.7 Å². The van der Waals surface area contributed by atoms with E-state index in [1.165, 1.54) is 0 Å². The Kier molecular flexibility index (Phi) is 5.17. The predicted octanol–water partition coefficient (Wildman–Crippen LogP) is 1.56. The number of carbonyl (C=O) groups is 1. The number of amides is 1. The van der Waals surface area contributed by atoms with Crippen molar-refractivity contribution >= 4 is 5.91 Å². The van der Waals surface area contributed by atoms with Crippen LogP contribution in [0.4, 0.5) is 0 Å². The molecule has 2 heterocycles. The second-order valence-corrected chi connectivity index (χ2v) is 5.94. The summed E-state index contributed by atoms with van der Waals surface area (Å²) in [6, 6.07) is 0.118. The molecular weight excluding hydrogens is 252 g/mol. The van der Waals surface area contributed by atoms with Crippen molar-refractivity contribution in [1.29, 1.82) is 0 Å². The lowest BCUT2D eigenvalue weighted by Gasteiger charge is -2.37. The van der Waals surface area contributed by atoms with Crippen LogP contribution in [0.2, 0.25) is 0 Å². The maximum Gasteiger partial charge on any atom is 0.227 e. The maximum atomic E-state index is 12.7. The Morgan fingerprint density at radius 3 is 3.05 bits per heavy atom. The molecule has 1 amide bonds. The lowest BCUT2D eigenvalue weighted by atomic mass is 9.76. The minimum absolute atomic E-state index is 0.118. The molecule has 2 unspecified atom stereocenters. The van der Waals surface area contributed by atoms with Gasteiger partial charge in [0.1, 0.15) is 0 Å². The van der Waals surface area contributed by atoms with E-state index in [9.17, 15) is 4.79 Å². The van der Waals surface area contributed by atoms with Crippen LogP contribution in [0.1, 0.15) is 39.5 Å². The molecule has 0 spiro atoms. The zero-order valence-corrected chi connectivity index (χ0v) is 12.6. The molecule has 0 saturated carbocycles. The number of aromatic nitrogens is 2. The van der Waals surface area contributed by atoms with Gasteiger partial charge in [-0.2, -0.15) is 0 Å². The fourth-order valence-electron chi connectivity index (χ4n) is 3.10. The molecule has 1 saturated heterocycles. The molecule has 112 valence electrons. The van der Waals surface area contributed by atoms with Crippen LogP contribution < -0.4 is 10.6 Å². The quantitative estimate of drug-likeness (QED) is 0.830. The zero-order chi connectivity index (χ0) is 14.4. The molecule has 0 aromatic carbocycles. The molecule has 1 aromatic rings. The van der Waals surface area contributed by atoms with Gasteiger partial charge in [0.15, 0.2) is 0 Å². The smallest absolute Gasteiger partial charge is 0.227 e. The fraction of sp³-hybridized carbons (Fsp3) is 0.733. The van der Waals surface area contributed by atoms with E-state index in [0.717, 1.165) is 45.3 Å². The number of rotatable bonds is 6. The maximum absolute atomic E-state index is 12.7. The van der Waals surface area contributed by atoms with Gasteiger partial charge in [0.25, 0.3) is 0 Å². The molecule has 1 aliphatic heterocycles. The SMILES string of the molecule is CCCC1(C(=O)NC(C)Cn2ccnc2)CCCNC1. The number of carbonyl (C=O) groups excluding carboxylic acids is 1. The van der Waals surface area contributed by atoms with Gasteiger partial charge < -0.3 is 15.2 Å². The average molecular weight is 278 g/mol. The van der Waals surface area contributed by atoms with Gasteiger partial charge in [-0.05, 0) is 32.7 Å². The summed E-state index contributed by atoms with van der Waals surface area (Å²) < 4.78 is 2.00. The molecule has 0 radical (unpaired) electrons. The summed E-state index contributed by atoms with van der Waals surface area (Å²) >= 11 is 0. The number of hydrogen-bond donors (Lipinski definition) is 2. The summed E-state index contributed by atoms with van der Waals surface area (Å²) in [6.07, 6.45) is 9.56. The van der Waals surface area contributed by atoms with Crippen LogP contribution >= 0.6 is 0 Å². The van der Waals surface area contributed by atoms with Gasteiger partial charge in [-0.15, -0.1) is 0 Å². The van der Waals surface area contributed by atoms with Gasteiger partial charge in [0, 0.05) is 31.5 Å². The lowest BCUT2D eigenvalue weighted by molar-refractivity contribution is -0.133. The van der Waals surface area contributed by atoms with Crippen molar-refractivity contribution in [3.05, 3.63) is 18.7 Å². The minimum Gasteiger partial charge on any atom is -0.351 e. The number of piperidine rings is 1. The van der Waals surface area contributed by atoms with Gasteiger partial charge in [-0.25, -0.2) is 4.98 Å². The van der Waals surface area contributed by atoms with E-state index < -0.39 is 0 Å². The number of nitrogens with zero attached hydrogens (tertiary/aromatic N) is 2. The summed E-state index contributed by atoms with van der Waals surface area (Å²) in [4.78, 5) is 16.7. The largest absolute Gasteiger partial charge is 0.351 e. The summed E-state index contributed by atoms with van der Waals surface area (Å²) in [6.45, 7) is 6.81. The van der Waals surface area contributed by atoms with Crippen LogP contribution in [0.3, 0.4) is 0 Å². The molecule has 0 bridgehead atoms. The molecule has 5 nitrogen and oxygen atoms in total. The Morgan fingerprint density at radius 1 is 1.60 bits per heavy atom. The molecule has 2 atom stereocenters. The Balaban J connectivity index is 1.93. The van der Waals surface area contributed by atoms with Crippen molar-refractivity contribution in [2.45, 2.75) is 52.1 Å². The van der Waals surface area contributed by atoms with Gasteiger partial charge in [-0.3, -0.25) is 4.79 Å². The summed E-state index contributed by atoms with van der Waals surface area (Å²) in [5.74, 6) is 0.208. The van der Waals surface area contributed by atoms with Crippen molar-refractivity contribution in [2.24, 2.45) is 5.41 Å². The van der Waals surface area contributed by atoms with Crippen LogP contribution in [0.25, 0.3) is 0 Å². The van der Waals surface area contributed by atoms with Gasteiger partial charge in [0.05, 0.1) is 11.7 Å². The second kappa shape index (κ2) is 6.88. The van der Waals surface area contributed by atoms with E-state index in [4.69, 9.17) is 0 Å². The van der Waals surface area contributed by atoms with E-state index in [2.05, 4.69) is 22.5 Å². The molecule has 20 heavy (non-hydrogen) atoms. The molecule has 1 aliphatic rings. The molecule has 2 N–H and O–H groups in total. The van der Waals surface area contributed by atoms with Gasteiger partial charge in [0.2, 0.25) is 5.91 Å². The topological polar surface area (TPSA) is 59.0 Å². The predicted molar refractivity (Wildman–Crippen MR) is 79.3 cm³/mol. The molecule has 1 fully saturated rings. The molecule has 0 aliphatic carbocycles. The standard InChI is InChI=1S/C15H26N4O/c1-3-5-15(6-4-7-16-11-15)14(20)18-13(2)10-19-9-8-17-12-19/h8-9,12-13,16H,3-7,10-11H2,1-2H3,(H,18,20). The highest BCUT2D eigenvalue weighted by Gasteiger charge is 2.38. The van der Waals surface area contributed by atoms with Crippen LogP contribution in [-0.2, 0) is 11.3 Å². The first-order valence-corrected chi connectivity index (χ1v) is 7.64. The van der Waals surface area contributed by atoms with Crippen molar-refractivity contribution in [3.63, 3.8) is 0 Å². The van der Waals surface area contributed by atoms with E-state index in [-0.39, 0.29) is 17.4 Å². The molecule has 5 heteroatoms. The van der Waals surface area contributed by atoms with Crippen molar-refractivity contribution in [3.8, 4) is 0 Å². The Hall–Kier alpha value is -1.36. The highest BCUT2D eigenvalue weighted by Crippen LogP contribution is 2.32. The first-order chi connectivity index (χ1) is 9.66. The number of imidazole rings is 1. The van der Waals surface area contributed by atoms with E-state index in [0.29, 0.717) is 0 Å². The van der Waals surface area contributed by atoms with E-state index in [1.54, 1.807) is 12.5 Å². The number of nitrogens with one attached hydrogen (secondary N) is 2. The van der Waals surface area contributed by atoms with Gasteiger partial charge >= 0.3 is 0 Å². The first-order valence-electron chi connectivity index (χ1n) is 7.64. The fourth-order valence-corrected chi connectivity index (χ4v) is 3.10. The van der Waals surface area contributed by atoms with Gasteiger partial charge in [-0.1, -0.05) is 13.3 Å². The van der Waals surface area contributed by atoms with Crippen LogP contribution in [0.15, 0.2) is 18.7 Å². The summed E-state index contributed by atoms with van der Waals surface area (Å²) in [5.41, 5.74) is -0.212. The summed E-state index contributed by atoms with van der Waals surface area (Å²) in [7, 11) is 0. The molecular formula is C15H26N4O. The highest BCUT2D eigenvalue weighted by atomic mass is 16.2. The van der Waals surface area contributed by atoms with Crippen molar-refractivity contribution in [1.82, 2.24) is 20.2 Å². The van der Waals surface area contributed by atoms with Crippen LogP contribution in [0.5, 0.6) is 0 Å². The first kappa shape index (κ1) is 15.0. The van der Waals surface area contributed by atoms with Crippen molar-refractivity contribution < 1.29 is 4.79 Å². The second-order valence-electron chi connectivity index (χ2n) is 5.94. The third kappa shape index (κ3) is 3.60. The Bertz CT molecular complexity index is 404. The monoisotopic (exact) mass is 278 g/mol. The highest BCUT2D eigenvalue weighted by molar-refractivity contribution is 5.83. The Morgan fingerprint density at radius 2 is 2.45 bits per heavy atom. The third-order valence-corrected chi connectivity index (χ3v) is 4.10. The third-order valence-electron chi connectivity index (χ3n) is 4.10. The normalized spacial score (nSPS) is 24.3. The van der Waals surface area contributed by atoms with Crippen LogP contribution in [0, 0.1) is 5.41 Å². The zero-order valence-electron chi connectivity index (χ0n) is 12.6. The molecule has 2 rings (SSSR count). The van der Waals surface area contributed by atoms with E-state index >= 15 is 0 Å². The average Bonchev–Trinajstić information content (AvgIpc) is 2.92. The van der Waals surface area contributed by atoms with Crippen LogP contribution in [-0.4, -0.2) is 34.6 Å². The number of hydrogen-bond acceptors (Lipinski definition) is 3.